The standard InChI is InChI=1S/C17H19N3O6S/c1-11-6-5-7-13(16(11)20(22)23)17(21)18-12-8-9-14(26-4)15(10-12)27(24,25)19(2)3/h5-10H,1-4H3,(H,18,21). The van der Waals surface area contributed by atoms with Gasteiger partial charge in [-0.05, 0) is 31.2 Å². The first-order valence-electron chi connectivity index (χ1n) is 7.75. The molecule has 0 radical (unpaired) electrons. The van der Waals surface area contributed by atoms with Crippen molar-refractivity contribution >= 4 is 27.3 Å². The predicted octanol–water partition coefficient (Wildman–Crippen LogP) is 2.41. The van der Waals surface area contributed by atoms with Crippen LogP contribution in [0.25, 0.3) is 0 Å². The number of nitrogens with one attached hydrogen (secondary N) is 1. The molecule has 10 heteroatoms. The molecule has 27 heavy (non-hydrogen) atoms. The van der Waals surface area contributed by atoms with Crippen molar-refractivity contribution in [1.29, 1.82) is 0 Å². The molecule has 0 aliphatic carbocycles. The van der Waals surface area contributed by atoms with Crippen molar-refractivity contribution in [3.8, 4) is 5.75 Å². The van der Waals surface area contributed by atoms with E-state index >= 15 is 0 Å². The van der Waals surface area contributed by atoms with Crippen molar-refractivity contribution in [1.82, 2.24) is 4.31 Å². The van der Waals surface area contributed by atoms with Gasteiger partial charge in [-0.15, -0.1) is 0 Å². The second-order valence-electron chi connectivity index (χ2n) is 5.84. The maximum atomic E-state index is 12.5. The number of carbonyl (C=O) groups excluding carboxylic acids is 1. The topological polar surface area (TPSA) is 119 Å². The minimum absolute atomic E-state index is 0.114. The van der Waals surface area contributed by atoms with Crippen LogP contribution in [-0.4, -0.2) is 44.8 Å². The van der Waals surface area contributed by atoms with Gasteiger partial charge >= 0.3 is 0 Å². The number of hydrogen-bond acceptors (Lipinski definition) is 6. The smallest absolute Gasteiger partial charge is 0.285 e. The highest BCUT2D eigenvalue weighted by Gasteiger charge is 2.25. The Morgan fingerprint density at radius 3 is 2.44 bits per heavy atom. The molecule has 0 bridgehead atoms. The third kappa shape index (κ3) is 4.07. The number of hydrogen-bond donors (Lipinski definition) is 1. The summed E-state index contributed by atoms with van der Waals surface area (Å²) in [6, 6.07) is 8.50. The van der Waals surface area contributed by atoms with E-state index in [1.165, 1.54) is 64.5 Å². The number of anilines is 1. The number of aryl methyl sites for hydroxylation is 1. The van der Waals surface area contributed by atoms with Crippen LogP contribution in [0.1, 0.15) is 15.9 Å². The lowest BCUT2D eigenvalue weighted by molar-refractivity contribution is -0.385. The summed E-state index contributed by atoms with van der Waals surface area (Å²) in [6.45, 7) is 1.53. The molecule has 2 aromatic rings. The van der Waals surface area contributed by atoms with Crippen LogP contribution >= 0.6 is 0 Å². The van der Waals surface area contributed by atoms with Crippen molar-refractivity contribution in [3.05, 3.63) is 57.6 Å². The summed E-state index contributed by atoms with van der Waals surface area (Å²) in [5.74, 6) is -0.605. The number of nitrogens with zero attached hydrogens (tertiary/aromatic N) is 2. The normalized spacial score (nSPS) is 11.3. The number of para-hydroxylation sites is 1. The summed E-state index contributed by atoms with van der Waals surface area (Å²) >= 11 is 0. The molecule has 0 saturated carbocycles. The maximum absolute atomic E-state index is 12.5. The van der Waals surface area contributed by atoms with E-state index in [9.17, 15) is 23.3 Å². The second-order valence-corrected chi connectivity index (χ2v) is 7.96. The molecule has 9 nitrogen and oxygen atoms in total. The van der Waals surface area contributed by atoms with Gasteiger partial charge in [0.2, 0.25) is 10.0 Å². The molecular weight excluding hydrogens is 374 g/mol. The summed E-state index contributed by atoms with van der Waals surface area (Å²) in [6.07, 6.45) is 0. The van der Waals surface area contributed by atoms with Crippen molar-refractivity contribution in [2.24, 2.45) is 0 Å². The van der Waals surface area contributed by atoms with Gasteiger partial charge < -0.3 is 10.1 Å². The Labute approximate surface area is 156 Å². The number of benzene rings is 2. The summed E-state index contributed by atoms with van der Waals surface area (Å²) in [4.78, 5) is 23.0. The lowest BCUT2D eigenvalue weighted by Gasteiger charge is -2.16. The maximum Gasteiger partial charge on any atom is 0.285 e. The predicted molar refractivity (Wildman–Crippen MR) is 99.7 cm³/mol. The van der Waals surface area contributed by atoms with Gasteiger partial charge in [-0.25, -0.2) is 12.7 Å². The number of ether oxygens (including phenoxy) is 1. The van der Waals surface area contributed by atoms with Crippen molar-refractivity contribution in [2.75, 3.05) is 26.5 Å². The molecule has 0 atom stereocenters. The fraction of sp³-hybridized carbons (Fsp3) is 0.235. The molecule has 0 aliphatic heterocycles. The number of nitro benzene ring substituents is 1. The van der Waals surface area contributed by atoms with Crippen LogP contribution in [0.3, 0.4) is 0 Å². The molecule has 2 aromatic carbocycles. The van der Waals surface area contributed by atoms with Crippen LogP contribution in [0.5, 0.6) is 5.75 Å². The Morgan fingerprint density at radius 2 is 1.89 bits per heavy atom. The summed E-state index contributed by atoms with van der Waals surface area (Å²) in [5, 5.41) is 13.8. The van der Waals surface area contributed by atoms with E-state index in [1.807, 2.05) is 0 Å². The van der Waals surface area contributed by atoms with Crippen molar-refractivity contribution in [2.45, 2.75) is 11.8 Å². The quantitative estimate of drug-likeness (QED) is 0.595. The third-order valence-electron chi connectivity index (χ3n) is 3.85. The zero-order chi connectivity index (χ0) is 20.4. The van der Waals surface area contributed by atoms with Gasteiger partial charge in [0.15, 0.2) is 0 Å². The Morgan fingerprint density at radius 1 is 1.22 bits per heavy atom. The molecule has 1 N–H and O–H groups in total. The largest absolute Gasteiger partial charge is 0.495 e. The minimum Gasteiger partial charge on any atom is -0.495 e. The minimum atomic E-state index is -3.82. The molecule has 2 rings (SSSR count). The van der Waals surface area contributed by atoms with E-state index in [0.29, 0.717) is 5.56 Å². The molecule has 0 aromatic heterocycles. The van der Waals surface area contributed by atoms with E-state index in [0.717, 1.165) is 4.31 Å². The molecular formula is C17H19N3O6S. The first kappa shape index (κ1) is 20.3. The average Bonchev–Trinajstić information content (AvgIpc) is 2.60. The fourth-order valence-electron chi connectivity index (χ4n) is 2.44. The van der Waals surface area contributed by atoms with Gasteiger partial charge in [0, 0.05) is 25.3 Å². The second kappa shape index (κ2) is 7.72. The third-order valence-corrected chi connectivity index (χ3v) is 5.68. The highest BCUT2D eigenvalue weighted by molar-refractivity contribution is 7.89. The van der Waals surface area contributed by atoms with Crippen LogP contribution in [0.15, 0.2) is 41.3 Å². The first-order valence-corrected chi connectivity index (χ1v) is 9.19. The van der Waals surface area contributed by atoms with Gasteiger partial charge in [0.25, 0.3) is 11.6 Å². The van der Waals surface area contributed by atoms with Crippen LogP contribution in [0.2, 0.25) is 0 Å². The summed E-state index contributed by atoms with van der Waals surface area (Å²) in [7, 11) is 0.252. The Hall–Kier alpha value is -2.98. The zero-order valence-electron chi connectivity index (χ0n) is 15.2. The number of amides is 1. The SMILES string of the molecule is COc1ccc(NC(=O)c2cccc(C)c2[N+](=O)[O-])cc1S(=O)(=O)N(C)C. The van der Waals surface area contributed by atoms with Crippen molar-refractivity contribution in [3.63, 3.8) is 0 Å². The Balaban J connectivity index is 2.46. The number of sulfonamides is 1. The average molecular weight is 393 g/mol. The monoisotopic (exact) mass is 393 g/mol. The van der Waals surface area contributed by atoms with Gasteiger partial charge in [-0.1, -0.05) is 12.1 Å². The lowest BCUT2D eigenvalue weighted by atomic mass is 10.1. The first-order chi connectivity index (χ1) is 12.6. The van der Waals surface area contributed by atoms with Gasteiger partial charge in [-0.2, -0.15) is 0 Å². The van der Waals surface area contributed by atoms with E-state index in [1.54, 1.807) is 0 Å². The summed E-state index contributed by atoms with van der Waals surface area (Å²) < 4.78 is 31.0. The van der Waals surface area contributed by atoms with Crippen LogP contribution in [0, 0.1) is 17.0 Å². The van der Waals surface area contributed by atoms with E-state index < -0.39 is 20.9 Å². The van der Waals surface area contributed by atoms with Gasteiger partial charge in [0.05, 0.1) is 12.0 Å². The molecule has 0 aliphatic rings. The van der Waals surface area contributed by atoms with Crippen LogP contribution in [-0.2, 0) is 10.0 Å². The van der Waals surface area contributed by atoms with Crippen molar-refractivity contribution < 1.29 is 22.9 Å². The molecule has 0 saturated heterocycles. The molecule has 144 valence electrons. The van der Waals surface area contributed by atoms with E-state index in [-0.39, 0.29) is 27.6 Å². The van der Waals surface area contributed by atoms with E-state index in [2.05, 4.69) is 5.32 Å². The molecule has 0 spiro atoms. The zero-order valence-corrected chi connectivity index (χ0v) is 16.0. The molecule has 0 fully saturated rings. The molecule has 1 amide bonds. The Bertz CT molecular complexity index is 1000. The van der Waals surface area contributed by atoms with Crippen LogP contribution < -0.4 is 10.1 Å². The van der Waals surface area contributed by atoms with Gasteiger partial charge in [0.1, 0.15) is 16.2 Å². The summed E-state index contributed by atoms with van der Waals surface area (Å²) in [5.41, 5.74) is 0.0905. The molecule has 0 heterocycles. The number of rotatable bonds is 6. The Kier molecular flexibility index (Phi) is 5.82. The van der Waals surface area contributed by atoms with E-state index in [4.69, 9.17) is 4.74 Å². The van der Waals surface area contributed by atoms with Crippen LogP contribution in [0.4, 0.5) is 11.4 Å². The number of carbonyl (C=O) groups is 1. The number of methoxy groups -OCH3 is 1. The highest BCUT2D eigenvalue weighted by Crippen LogP contribution is 2.30. The number of nitro groups is 1. The van der Waals surface area contributed by atoms with Gasteiger partial charge in [-0.3, -0.25) is 14.9 Å². The highest BCUT2D eigenvalue weighted by atomic mass is 32.2. The fourth-order valence-corrected chi connectivity index (χ4v) is 3.51. The lowest BCUT2D eigenvalue weighted by Crippen LogP contribution is -2.23. The molecule has 0 unspecified atom stereocenters.